The lowest BCUT2D eigenvalue weighted by Crippen LogP contribution is -2.35. The van der Waals surface area contributed by atoms with E-state index in [0.29, 0.717) is 21.5 Å². The molecule has 0 saturated heterocycles. The van der Waals surface area contributed by atoms with Gasteiger partial charge in [-0.25, -0.2) is 0 Å². The van der Waals surface area contributed by atoms with Crippen molar-refractivity contribution in [2.75, 3.05) is 5.32 Å². The minimum atomic E-state index is -0.313. The van der Waals surface area contributed by atoms with Gasteiger partial charge in [0.05, 0.1) is 16.0 Å². The van der Waals surface area contributed by atoms with Crippen molar-refractivity contribution >= 4 is 34.7 Å². The van der Waals surface area contributed by atoms with Crippen molar-refractivity contribution in [2.45, 2.75) is 24.8 Å². The Kier molecular flexibility index (Phi) is 5.65. The van der Waals surface area contributed by atoms with Crippen LogP contribution in [0.2, 0.25) is 10.0 Å². The highest BCUT2D eigenvalue weighted by Crippen LogP contribution is 2.42. The Hall–Kier alpha value is -2.36. The Morgan fingerprint density at radius 2 is 1.68 bits per heavy atom. The molecule has 3 nitrogen and oxygen atoms in total. The second-order valence-electron chi connectivity index (χ2n) is 7.12. The first-order chi connectivity index (χ1) is 13.6. The molecule has 2 aromatic carbocycles. The molecule has 0 spiro atoms. The maximum absolute atomic E-state index is 13.5. The molecule has 1 aliphatic rings. The Morgan fingerprint density at radius 3 is 2.32 bits per heavy atom. The lowest BCUT2D eigenvalue weighted by molar-refractivity contribution is 0.0946. The fourth-order valence-electron chi connectivity index (χ4n) is 3.58. The number of anilines is 1. The molecular formula is C23H20Cl2N2O. The fraction of sp³-hybridized carbons (Fsp3) is 0.217. The third kappa shape index (κ3) is 4.21. The molecule has 1 aromatic heterocycles. The van der Waals surface area contributed by atoms with Gasteiger partial charge in [0, 0.05) is 29.7 Å². The third-order valence-corrected chi connectivity index (χ3v) is 5.89. The molecule has 1 fully saturated rings. The number of ketones is 1. The van der Waals surface area contributed by atoms with Gasteiger partial charge in [-0.3, -0.25) is 9.78 Å². The number of Topliss-reactive ketones (excluding diaryl/α,β-unsaturated/α-hetero) is 1. The van der Waals surface area contributed by atoms with E-state index in [1.54, 1.807) is 18.5 Å². The van der Waals surface area contributed by atoms with Crippen LogP contribution in [0.15, 0.2) is 73.1 Å². The lowest BCUT2D eigenvalue weighted by Gasteiger charge is -2.29. The molecule has 3 aromatic rings. The number of hydrogen-bond acceptors (Lipinski definition) is 3. The van der Waals surface area contributed by atoms with Crippen LogP contribution in [-0.2, 0) is 0 Å². The molecule has 142 valence electrons. The number of aromatic nitrogens is 1. The van der Waals surface area contributed by atoms with Gasteiger partial charge in [-0.1, -0.05) is 53.5 Å². The van der Waals surface area contributed by atoms with Crippen molar-refractivity contribution in [2.24, 2.45) is 5.92 Å². The van der Waals surface area contributed by atoms with Crippen LogP contribution in [0.5, 0.6) is 0 Å². The zero-order valence-corrected chi connectivity index (χ0v) is 16.7. The zero-order chi connectivity index (χ0) is 19.5. The van der Waals surface area contributed by atoms with Gasteiger partial charge in [-0.05, 0) is 54.7 Å². The quantitative estimate of drug-likeness (QED) is 0.468. The maximum Gasteiger partial charge on any atom is 0.172 e. The molecule has 2 unspecified atom stereocenters. The molecule has 1 N–H and O–H groups in total. The minimum absolute atomic E-state index is 0.0349. The van der Waals surface area contributed by atoms with E-state index in [2.05, 4.69) is 10.3 Å². The van der Waals surface area contributed by atoms with Crippen molar-refractivity contribution in [3.8, 4) is 0 Å². The molecule has 28 heavy (non-hydrogen) atoms. The van der Waals surface area contributed by atoms with E-state index < -0.39 is 0 Å². The number of rotatable bonds is 7. The van der Waals surface area contributed by atoms with Crippen LogP contribution in [0.3, 0.4) is 0 Å². The molecular weight excluding hydrogens is 391 g/mol. The van der Waals surface area contributed by atoms with E-state index in [0.717, 1.165) is 24.1 Å². The van der Waals surface area contributed by atoms with Gasteiger partial charge in [0.2, 0.25) is 0 Å². The lowest BCUT2D eigenvalue weighted by atomic mass is 9.82. The SMILES string of the molecule is O=C(c1ccccc1)C(c1ccncc1)C(Nc1ccc(Cl)c(Cl)c1)C1CC1. The van der Waals surface area contributed by atoms with Crippen molar-refractivity contribution in [3.63, 3.8) is 0 Å². The van der Waals surface area contributed by atoms with Gasteiger partial charge in [0.1, 0.15) is 0 Å². The van der Waals surface area contributed by atoms with Gasteiger partial charge in [-0.15, -0.1) is 0 Å². The van der Waals surface area contributed by atoms with Crippen LogP contribution < -0.4 is 5.32 Å². The van der Waals surface area contributed by atoms with Gasteiger partial charge in [-0.2, -0.15) is 0 Å². The van der Waals surface area contributed by atoms with Crippen molar-refractivity contribution < 1.29 is 4.79 Å². The van der Waals surface area contributed by atoms with Crippen LogP contribution in [0, 0.1) is 5.92 Å². The summed E-state index contributed by atoms with van der Waals surface area (Å²) in [7, 11) is 0. The molecule has 0 amide bonds. The Balaban J connectivity index is 1.72. The Morgan fingerprint density at radius 1 is 0.964 bits per heavy atom. The summed E-state index contributed by atoms with van der Waals surface area (Å²) in [5.41, 5.74) is 2.55. The largest absolute Gasteiger partial charge is 0.381 e. The van der Waals surface area contributed by atoms with Crippen molar-refractivity contribution in [1.82, 2.24) is 4.98 Å². The van der Waals surface area contributed by atoms with Crippen LogP contribution in [0.4, 0.5) is 5.69 Å². The number of nitrogens with zero attached hydrogens (tertiary/aromatic N) is 1. The zero-order valence-electron chi connectivity index (χ0n) is 15.2. The van der Waals surface area contributed by atoms with Crippen LogP contribution in [0.25, 0.3) is 0 Å². The smallest absolute Gasteiger partial charge is 0.172 e. The van der Waals surface area contributed by atoms with Crippen molar-refractivity contribution in [3.05, 3.63) is 94.2 Å². The predicted molar refractivity (Wildman–Crippen MR) is 114 cm³/mol. The predicted octanol–water partition coefficient (Wildman–Crippen LogP) is 6.25. The summed E-state index contributed by atoms with van der Waals surface area (Å²) >= 11 is 12.3. The van der Waals surface area contributed by atoms with E-state index in [9.17, 15) is 4.79 Å². The molecule has 4 rings (SSSR count). The van der Waals surface area contributed by atoms with E-state index in [1.165, 1.54) is 0 Å². The molecule has 0 aliphatic heterocycles. The highest BCUT2D eigenvalue weighted by atomic mass is 35.5. The molecule has 5 heteroatoms. The molecule has 0 bridgehead atoms. The van der Waals surface area contributed by atoms with Gasteiger partial charge in [0.25, 0.3) is 0 Å². The van der Waals surface area contributed by atoms with Crippen molar-refractivity contribution in [1.29, 1.82) is 0 Å². The number of benzene rings is 2. The van der Waals surface area contributed by atoms with Crippen LogP contribution >= 0.6 is 23.2 Å². The molecule has 2 atom stereocenters. The number of hydrogen-bond donors (Lipinski definition) is 1. The Bertz CT molecular complexity index is 959. The summed E-state index contributed by atoms with van der Waals surface area (Å²) in [6.45, 7) is 0. The topological polar surface area (TPSA) is 42.0 Å². The average molecular weight is 411 g/mol. The third-order valence-electron chi connectivity index (χ3n) is 5.15. The van der Waals surface area contributed by atoms with Gasteiger partial charge < -0.3 is 5.32 Å². The van der Waals surface area contributed by atoms with E-state index in [4.69, 9.17) is 23.2 Å². The maximum atomic E-state index is 13.5. The standard InChI is InChI=1S/C23H20Cl2N2O/c24-19-9-8-18(14-20(19)25)27-22(16-6-7-16)21(15-10-12-26-13-11-15)23(28)17-4-2-1-3-5-17/h1-5,8-14,16,21-22,27H,6-7H2. The minimum Gasteiger partial charge on any atom is -0.381 e. The van der Waals surface area contributed by atoms with Crippen LogP contribution in [-0.4, -0.2) is 16.8 Å². The second kappa shape index (κ2) is 8.34. The molecule has 1 heterocycles. The summed E-state index contributed by atoms with van der Waals surface area (Å²) in [4.78, 5) is 17.6. The fourth-order valence-corrected chi connectivity index (χ4v) is 3.88. The van der Waals surface area contributed by atoms with E-state index >= 15 is 0 Å². The summed E-state index contributed by atoms with van der Waals surface area (Å²) in [5, 5.41) is 4.59. The second-order valence-corrected chi connectivity index (χ2v) is 7.94. The van der Waals surface area contributed by atoms with Gasteiger partial charge >= 0.3 is 0 Å². The number of carbonyl (C=O) groups is 1. The molecule has 0 radical (unpaired) electrons. The number of pyridine rings is 1. The number of carbonyl (C=O) groups excluding carboxylic acids is 1. The van der Waals surface area contributed by atoms with E-state index in [-0.39, 0.29) is 17.7 Å². The summed E-state index contributed by atoms with van der Waals surface area (Å²) in [6.07, 6.45) is 5.68. The number of halogens is 2. The van der Waals surface area contributed by atoms with E-state index in [1.807, 2.05) is 54.6 Å². The first-order valence-corrected chi connectivity index (χ1v) is 10.1. The summed E-state index contributed by atoms with van der Waals surface area (Å²) < 4.78 is 0. The Labute approximate surface area is 174 Å². The normalized spacial score (nSPS) is 15.6. The highest BCUT2D eigenvalue weighted by Gasteiger charge is 2.41. The van der Waals surface area contributed by atoms with Gasteiger partial charge in [0.15, 0.2) is 5.78 Å². The van der Waals surface area contributed by atoms with Crippen LogP contribution in [0.1, 0.15) is 34.7 Å². The molecule has 1 saturated carbocycles. The molecule has 1 aliphatic carbocycles. The first kappa shape index (κ1) is 19.0. The number of nitrogens with one attached hydrogen (secondary N) is 1. The summed E-state index contributed by atoms with van der Waals surface area (Å²) in [5.74, 6) is 0.226. The average Bonchev–Trinajstić information content (AvgIpc) is 3.57. The first-order valence-electron chi connectivity index (χ1n) is 9.34. The monoisotopic (exact) mass is 410 g/mol. The summed E-state index contributed by atoms with van der Waals surface area (Å²) in [6, 6.07) is 18.8. The highest BCUT2D eigenvalue weighted by molar-refractivity contribution is 6.42.